The summed E-state index contributed by atoms with van der Waals surface area (Å²) in [6, 6.07) is -1.05. The Morgan fingerprint density at radius 1 is 1.39 bits per heavy atom. The summed E-state index contributed by atoms with van der Waals surface area (Å²) in [5, 5.41) is -1.03. The molecule has 0 spiro atoms. The van der Waals surface area contributed by atoms with Gasteiger partial charge in [0.1, 0.15) is 0 Å². The molecule has 1 unspecified atom stereocenters. The number of hydrogen-bond donors (Lipinski definition) is 1. The molecule has 1 heterocycles. The lowest BCUT2D eigenvalue weighted by Gasteiger charge is -2.28. The number of nitrogens with zero attached hydrogens (tertiary/aromatic N) is 1. The smallest absolute Gasteiger partial charge is 0.322 e. The summed E-state index contributed by atoms with van der Waals surface area (Å²) in [7, 11) is -3.50. The molecule has 1 aromatic rings. The van der Waals surface area contributed by atoms with E-state index in [1.165, 1.54) is 13.8 Å². The summed E-state index contributed by atoms with van der Waals surface area (Å²) in [4.78, 5) is 3.32. The first kappa shape index (κ1) is 15.4. The first-order valence-corrected chi connectivity index (χ1v) is 7.56. The van der Waals surface area contributed by atoms with Gasteiger partial charge in [0.15, 0.2) is 14.8 Å². The van der Waals surface area contributed by atoms with Gasteiger partial charge in [0, 0.05) is 17.3 Å². The van der Waals surface area contributed by atoms with E-state index in [4.69, 9.17) is 5.73 Å². The average Bonchev–Trinajstić information content (AvgIpc) is 2.62. The Morgan fingerprint density at radius 2 is 1.89 bits per heavy atom. The van der Waals surface area contributed by atoms with Gasteiger partial charge < -0.3 is 5.73 Å². The van der Waals surface area contributed by atoms with Crippen molar-refractivity contribution >= 4 is 21.2 Å². The van der Waals surface area contributed by atoms with Gasteiger partial charge in [0.2, 0.25) is 0 Å². The van der Waals surface area contributed by atoms with Crippen LogP contribution in [0.15, 0.2) is 6.20 Å². The van der Waals surface area contributed by atoms with E-state index < -0.39 is 31.8 Å². The van der Waals surface area contributed by atoms with Crippen LogP contribution in [-0.2, 0) is 16.0 Å². The number of thiazole rings is 1. The van der Waals surface area contributed by atoms with Crippen LogP contribution < -0.4 is 5.73 Å². The molecule has 0 fully saturated rings. The third-order valence-corrected chi connectivity index (χ3v) is 6.07. The molecule has 0 bridgehead atoms. The molecule has 0 aliphatic rings. The first-order valence-electron chi connectivity index (χ1n) is 4.85. The van der Waals surface area contributed by atoms with E-state index in [1.54, 1.807) is 0 Å². The van der Waals surface area contributed by atoms with E-state index in [0.717, 1.165) is 12.5 Å². The molecular formula is C9H13F3N2O2S2. The van der Waals surface area contributed by atoms with Gasteiger partial charge in [-0.25, -0.2) is 13.4 Å². The van der Waals surface area contributed by atoms with Crippen LogP contribution in [-0.4, -0.2) is 24.4 Å². The highest BCUT2D eigenvalue weighted by molar-refractivity contribution is 7.92. The SMILES string of the molecule is CC(C)(C(N)c1cnc(C(F)(F)F)s1)S(C)(=O)=O. The molecule has 0 aromatic carbocycles. The summed E-state index contributed by atoms with van der Waals surface area (Å²) in [5.41, 5.74) is 5.74. The predicted molar refractivity (Wildman–Crippen MR) is 63.0 cm³/mol. The van der Waals surface area contributed by atoms with E-state index in [1.807, 2.05) is 0 Å². The number of sulfone groups is 1. The second-order valence-electron chi connectivity index (χ2n) is 4.42. The maximum Gasteiger partial charge on any atom is 0.443 e. The lowest BCUT2D eigenvalue weighted by Crippen LogP contribution is -2.41. The zero-order valence-electron chi connectivity index (χ0n) is 9.95. The summed E-state index contributed by atoms with van der Waals surface area (Å²) in [6.45, 7) is 2.75. The fraction of sp³-hybridized carbons (Fsp3) is 0.667. The summed E-state index contributed by atoms with van der Waals surface area (Å²) in [6.07, 6.45) is -2.57. The topological polar surface area (TPSA) is 73.0 Å². The molecule has 1 atom stereocenters. The number of alkyl halides is 3. The molecule has 0 radical (unpaired) electrons. The zero-order chi connectivity index (χ0) is 14.4. The van der Waals surface area contributed by atoms with Crippen molar-refractivity contribution < 1.29 is 21.6 Å². The van der Waals surface area contributed by atoms with E-state index in [0.29, 0.717) is 11.3 Å². The fourth-order valence-corrected chi connectivity index (χ4v) is 2.77. The quantitative estimate of drug-likeness (QED) is 0.926. The van der Waals surface area contributed by atoms with Gasteiger partial charge in [-0.15, -0.1) is 11.3 Å². The number of halogens is 3. The maximum absolute atomic E-state index is 12.4. The van der Waals surface area contributed by atoms with Crippen LogP contribution in [0.5, 0.6) is 0 Å². The molecule has 1 aromatic heterocycles. The van der Waals surface area contributed by atoms with E-state index >= 15 is 0 Å². The lowest BCUT2D eigenvalue weighted by molar-refractivity contribution is -0.137. The minimum atomic E-state index is -4.54. The van der Waals surface area contributed by atoms with Crippen LogP contribution in [0, 0.1) is 0 Å². The van der Waals surface area contributed by atoms with Crippen molar-refractivity contribution in [3.05, 3.63) is 16.1 Å². The van der Waals surface area contributed by atoms with Crippen LogP contribution in [0.1, 0.15) is 29.8 Å². The Morgan fingerprint density at radius 3 is 2.22 bits per heavy atom. The lowest BCUT2D eigenvalue weighted by atomic mass is 10.0. The van der Waals surface area contributed by atoms with Gasteiger partial charge in [-0.2, -0.15) is 13.2 Å². The average molecular weight is 302 g/mol. The fourth-order valence-electron chi connectivity index (χ4n) is 1.13. The van der Waals surface area contributed by atoms with Crippen LogP contribution >= 0.6 is 11.3 Å². The van der Waals surface area contributed by atoms with Gasteiger partial charge >= 0.3 is 6.18 Å². The molecule has 104 valence electrons. The van der Waals surface area contributed by atoms with Crippen molar-refractivity contribution in [3.63, 3.8) is 0 Å². The molecule has 2 N–H and O–H groups in total. The minimum absolute atomic E-state index is 0.0951. The molecular weight excluding hydrogens is 289 g/mol. The first-order chi connectivity index (χ1) is 7.87. The largest absolute Gasteiger partial charge is 0.443 e. The number of hydrogen-bond acceptors (Lipinski definition) is 5. The van der Waals surface area contributed by atoms with Gasteiger partial charge in [0.05, 0.1) is 10.8 Å². The van der Waals surface area contributed by atoms with Crippen molar-refractivity contribution in [2.45, 2.75) is 30.8 Å². The second-order valence-corrected chi connectivity index (χ2v) is 8.08. The molecule has 9 heteroatoms. The normalized spacial score (nSPS) is 15.7. The Balaban J connectivity index is 3.14. The maximum atomic E-state index is 12.4. The zero-order valence-corrected chi connectivity index (χ0v) is 11.6. The monoisotopic (exact) mass is 302 g/mol. The highest BCUT2D eigenvalue weighted by Gasteiger charge is 2.41. The Bertz CT molecular complexity index is 534. The van der Waals surface area contributed by atoms with Gasteiger partial charge in [-0.3, -0.25) is 0 Å². The number of aromatic nitrogens is 1. The molecule has 0 amide bonds. The molecule has 18 heavy (non-hydrogen) atoms. The van der Waals surface area contributed by atoms with Crippen molar-refractivity contribution in [2.24, 2.45) is 5.73 Å². The van der Waals surface area contributed by atoms with Crippen LogP contribution in [0.2, 0.25) is 0 Å². The molecule has 4 nitrogen and oxygen atoms in total. The third kappa shape index (κ3) is 2.83. The van der Waals surface area contributed by atoms with Crippen molar-refractivity contribution in [3.8, 4) is 0 Å². The van der Waals surface area contributed by atoms with Gasteiger partial charge in [0.25, 0.3) is 0 Å². The Hall–Kier alpha value is -0.670. The number of nitrogens with two attached hydrogens (primary N) is 1. The Kier molecular flexibility index (Phi) is 3.81. The predicted octanol–water partition coefficient (Wildman–Crippen LogP) is 1.98. The van der Waals surface area contributed by atoms with Crippen molar-refractivity contribution in [1.82, 2.24) is 4.98 Å². The van der Waals surface area contributed by atoms with Crippen molar-refractivity contribution in [1.29, 1.82) is 0 Å². The second kappa shape index (κ2) is 4.46. The molecule has 0 aliphatic heterocycles. The highest BCUT2D eigenvalue weighted by atomic mass is 32.2. The van der Waals surface area contributed by atoms with Gasteiger partial charge in [-0.05, 0) is 13.8 Å². The number of rotatable bonds is 3. The van der Waals surface area contributed by atoms with Crippen LogP contribution in [0.3, 0.4) is 0 Å². The standard InChI is InChI=1S/C9H13F3N2O2S2/c1-8(2,18(3,15)16)6(13)5-4-14-7(17-5)9(10,11)12/h4,6H,13H2,1-3H3. The highest BCUT2D eigenvalue weighted by Crippen LogP contribution is 2.38. The van der Waals surface area contributed by atoms with Crippen LogP contribution in [0.4, 0.5) is 13.2 Å². The summed E-state index contributed by atoms with van der Waals surface area (Å²) in [5.74, 6) is 0. The van der Waals surface area contributed by atoms with Crippen molar-refractivity contribution in [2.75, 3.05) is 6.26 Å². The molecule has 0 saturated heterocycles. The van der Waals surface area contributed by atoms with E-state index in [9.17, 15) is 21.6 Å². The third-order valence-electron chi connectivity index (χ3n) is 2.78. The minimum Gasteiger partial charge on any atom is -0.322 e. The van der Waals surface area contributed by atoms with E-state index in [2.05, 4.69) is 4.98 Å². The summed E-state index contributed by atoms with van der Waals surface area (Å²) < 4.78 is 58.9. The van der Waals surface area contributed by atoms with Crippen LogP contribution in [0.25, 0.3) is 0 Å². The molecule has 0 aliphatic carbocycles. The summed E-state index contributed by atoms with van der Waals surface area (Å²) >= 11 is 0.365. The molecule has 0 saturated carbocycles. The molecule has 1 rings (SSSR count). The van der Waals surface area contributed by atoms with E-state index in [-0.39, 0.29) is 4.88 Å². The Labute approximate surface area is 107 Å². The van der Waals surface area contributed by atoms with Gasteiger partial charge in [-0.1, -0.05) is 0 Å².